The van der Waals surface area contributed by atoms with Crippen molar-refractivity contribution in [1.82, 2.24) is 4.31 Å². The van der Waals surface area contributed by atoms with E-state index in [1.807, 2.05) is 19.1 Å². The predicted octanol–water partition coefficient (Wildman–Crippen LogP) is 3.32. The van der Waals surface area contributed by atoms with Gasteiger partial charge in [0.1, 0.15) is 0 Å². The molecule has 1 saturated heterocycles. The SMILES string of the molecule is Cc1ccc(S(=O)(=O)N2CC[C@@H]3C(Br)CCC[C@@H]32)cc1. The summed E-state index contributed by atoms with van der Waals surface area (Å²) in [5, 5.41) is 0. The largest absolute Gasteiger partial charge is 0.243 e. The molecule has 2 fully saturated rings. The van der Waals surface area contributed by atoms with Gasteiger partial charge < -0.3 is 0 Å². The molecule has 3 atom stereocenters. The van der Waals surface area contributed by atoms with E-state index in [-0.39, 0.29) is 6.04 Å². The van der Waals surface area contributed by atoms with Crippen molar-refractivity contribution in [3.8, 4) is 0 Å². The topological polar surface area (TPSA) is 37.4 Å². The van der Waals surface area contributed by atoms with Crippen molar-refractivity contribution in [3.05, 3.63) is 29.8 Å². The number of fused-ring (bicyclic) bond motifs is 1. The van der Waals surface area contributed by atoms with Gasteiger partial charge in [-0.3, -0.25) is 0 Å². The summed E-state index contributed by atoms with van der Waals surface area (Å²) in [4.78, 5) is 0.903. The minimum atomic E-state index is -3.34. The molecule has 3 rings (SSSR count). The number of halogens is 1. The highest BCUT2D eigenvalue weighted by Gasteiger charge is 2.45. The van der Waals surface area contributed by atoms with E-state index in [1.165, 1.54) is 6.42 Å². The van der Waals surface area contributed by atoms with Crippen molar-refractivity contribution < 1.29 is 8.42 Å². The minimum Gasteiger partial charge on any atom is -0.207 e. The Kier molecular flexibility index (Phi) is 3.95. The molecular formula is C15H20BrNO2S. The molecule has 110 valence electrons. The molecule has 0 spiro atoms. The van der Waals surface area contributed by atoms with Gasteiger partial charge >= 0.3 is 0 Å². The average molecular weight is 358 g/mol. The van der Waals surface area contributed by atoms with Crippen molar-refractivity contribution in [2.24, 2.45) is 5.92 Å². The van der Waals surface area contributed by atoms with Crippen molar-refractivity contribution in [2.45, 2.75) is 48.4 Å². The molecule has 1 aromatic rings. The third kappa shape index (κ3) is 2.44. The van der Waals surface area contributed by atoms with E-state index in [9.17, 15) is 8.42 Å². The molecule has 5 heteroatoms. The van der Waals surface area contributed by atoms with Crippen LogP contribution in [0.2, 0.25) is 0 Å². The molecule has 0 aromatic heterocycles. The van der Waals surface area contributed by atoms with Crippen LogP contribution in [0.5, 0.6) is 0 Å². The van der Waals surface area contributed by atoms with E-state index >= 15 is 0 Å². The standard InChI is InChI=1S/C15H20BrNO2S/c1-11-5-7-12(8-6-11)20(18,19)17-10-9-13-14(16)3-2-4-15(13)17/h5-8,13-15H,2-4,9-10H2,1H3/t13-,14?,15+/m1/s1. The lowest BCUT2D eigenvalue weighted by Gasteiger charge is -2.34. The first kappa shape index (κ1) is 14.5. The van der Waals surface area contributed by atoms with Gasteiger partial charge in [0.2, 0.25) is 10.0 Å². The van der Waals surface area contributed by atoms with Crippen molar-refractivity contribution in [1.29, 1.82) is 0 Å². The third-order valence-corrected chi connectivity index (χ3v) is 7.69. The van der Waals surface area contributed by atoms with E-state index in [4.69, 9.17) is 0 Å². The lowest BCUT2D eigenvalue weighted by Crippen LogP contribution is -2.41. The molecule has 2 aliphatic rings. The summed E-state index contributed by atoms with van der Waals surface area (Å²) in [6.07, 6.45) is 4.25. The Morgan fingerprint density at radius 2 is 1.85 bits per heavy atom. The third-order valence-electron chi connectivity index (χ3n) is 4.62. The Labute approximate surface area is 129 Å². The molecule has 1 heterocycles. The van der Waals surface area contributed by atoms with Crippen LogP contribution in [0.4, 0.5) is 0 Å². The summed E-state index contributed by atoms with van der Waals surface area (Å²) >= 11 is 3.73. The van der Waals surface area contributed by atoms with Crippen LogP contribution in [0.15, 0.2) is 29.2 Å². The summed E-state index contributed by atoms with van der Waals surface area (Å²) in [7, 11) is -3.34. The van der Waals surface area contributed by atoms with E-state index in [0.29, 0.717) is 22.2 Å². The predicted molar refractivity (Wildman–Crippen MR) is 83.5 cm³/mol. The fourth-order valence-corrected chi connectivity index (χ4v) is 6.16. The van der Waals surface area contributed by atoms with E-state index < -0.39 is 10.0 Å². The normalized spacial score (nSPS) is 31.2. The highest BCUT2D eigenvalue weighted by Crippen LogP contribution is 2.42. The summed E-state index contributed by atoms with van der Waals surface area (Å²) in [5.41, 5.74) is 1.08. The van der Waals surface area contributed by atoms with Crippen LogP contribution < -0.4 is 0 Å². The number of hydrogen-bond acceptors (Lipinski definition) is 2. The molecule has 1 aliphatic carbocycles. The molecule has 0 bridgehead atoms. The van der Waals surface area contributed by atoms with Gasteiger partial charge in [0, 0.05) is 17.4 Å². The quantitative estimate of drug-likeness (QED) is 0.761. The van der Waals surface area contributed by atoms with Crippen molar-refractivity contribution >= 4 is 26.0 Å². The highest BCUT2D eigenvalue weighted by molar-refractivity contribution is 9.09. The summed E-state index contributed by atoms with van der Waals surface area (Å²) in [6, 6.07) is 7.38. The molecule has 3 nitrogen and oxygen atoms in total. The van der Waals surface area contributed by atoms with E-state index in [0.717, 1.165) is 24.8 Å². The molecule has 0 radical (unpaired) electrons. The van der Waals surface area contributed by atoms with Gasteiger partial charge in [-0.25, -0.2) is 8.42 Å². The Balaban J connectivity index is 1.90. The molecule has 20 heavy (non-hydrogen) atoms. The van der Waals surface area contributed by atoms with Gasteiger partial charge in [0.05, 0.1) is 4.90 Å². The van der Waals surface area contributed by atoms with Crippen LogP contribution in [-0.2, 0) is 10.0 Å². The number of aryl methyl sites for hydroxylation is 1. The van der Waals surface area contributed by atoms with Crippen LogP contribution in [0.25, 0.3) is 0 Å². The van der Waals surface area contributed by atoms with Crippen LogP contribution in [0.3, 0.4) is 0 Å². The highest BCUT2D eigenvalue weighted by atomic mass is 79.9. The van der Waals surface area contributed by atoms with Crippen LogP contribution >= 0.6 is 15.9 Å². The average Bonchev–Trinajstić information content (AvgIpc) is 2.85. The summed E-state index contributed by atoms with van der Waals surface area (Å²) in [6.45, 7) is 2.63. The first-order valence-electron chi connectivity index (χ1n) is 7.23. The van der Waals surface area contributed by atoms with Crippen molar-refractivity contribution in [3.63, 3.8) is 0 Å². The summed E-state index contributed by atoms with van der Waals surface area (Å²) < 4.78 is 27.4. The molecule has 1 aliphatic heterocycles. The van der Waals surface area contributed by atoms with Gasteiger partial charge in [0.15, 0.2) is 0 Å². The maximum absolute atomic E-state index is 12.8. The molecule has 1 aromatic carbocycles. The minimum absolute atomic E-state index is 0.180. The Hall–Kier alpha value is -0.390. The first-order valence-corrected chi connectivity index (χ1v) is 9.58. The number of alkyl halides is 1. The smallest absolute Gasteiger partial charge is 0.207 e. The zero-order valence-corrected chi connectivity index (χ0v) is 14.0. The second-order valence-electron chi connectivity index (χ2n) is 5.90. The van der Waals surface area contributed by atoms with Crippen LogP contribution in [0.1, 0.15) is 31.2 Å². The Morgan fingerprint density at radius 1 is 1.15 bits per heavy atom. The van der Waals surface area contributed by atoms with Gasteiger partial charge in [-0.2, -0.15) is 4.31 Å². The van der Waals surface area contributed by atoms with Crippen LogP contribution in [0, 0.1) is 12.8 Å². The maximum Gasteiger partial charge on any atom is 0.243 e. The van der Waals surface area contributed by atoms with Gasteiger partial charge in [-0.1, -0.05) is 40.0 Å². The zero-order valence-electron chi connectivity index (χ0n) is 11.6. The Morgan fingerprint density at radius 3 is 2.55 bits per heavy atom. The second-order valence-corrected chi connectivity index (χ2v) is 8.96. The Bertz CT molecular complexity index is 584. The van der Waals surface area contributed by atoms with Gasteiger partial charge in [-0.05, 0) is 44.2 Å². The summed E-state index contributed by atoms with van der Waals surface area (Å²) in [5.74, 6) is 0.476. The fourth-order valence-electron chi connectivity index (χ4n) is 3.51. The number of hydrogen-bond donors (Lipinski definition) is 0. The number of nitrogens with zero attached hydrogens (tertiary/aromatic N) is 1. The van der Waals surface area contributed by atoms with Gasteiger partial charge in [0.25, 0.3) is 0 Å². The van der Waals surface area contributed by atoms with E-state index in [2.05, 4.69) is 15.9 Å². The molecule has 1 unspecified atom stereocenters. The first-order chi connectivity index (χ1) is 9.50. The molecule has 1 saturated carbocycles. The fraction of sp³-hybridized carbons (Fsp3) is 0.600. The lowest BCUT2D eigenvalue weighted by atomic mass is 9.85. The van der Waals surface area contributed by atoms with E-state index in [1.54, 1.807) is 16.4 Å². The molecular weight excluding hydrogens is 338 g/mol. The lowest BCUT2D eigenvalue weighted by molar-refractivity contribution is 0.269. The molecule has 0 N–H and O–H groups in total. The monoisotopic (exact) mass is 357 g/mol. The van der Waals surface area contributed by atoms with Gasteiger partial charge in [-0.15, -0.1) is 0 Å². The van der Waals surface area contributed by atoms with Crippen molar-refractivity contribution in [2.75, 3.05) is 6.54 Å². The maximum atomic E-state index is 12.8. The number of sulfonamides is 1. The van der Waals surface area contributed by atoms with Crippen LogP contribution in [-0.4, -0.2) is 30.1 Å². The number of rotatable bonds is 2. The number of benzene rings is 1. The zero-order chi connectivity index (χ0) is 14.3. The molecule has 0 amide bonds. The second kappa shape index (κ2) is 5.43.